The monoisotopic (exact) mass is 500 g/mol. The maximum atomic E-state index is 13.8. The molecule has 1 atom stereocenters. The zero-order chi connectivity index (χ0) is 26.3. The Hall–Kier alpha value is -4.01. The number of nitrogens with zero attached hydrogens (tertiary/aromatic N) is 1. The van der Waals surface area contributed by atoms with Crippen molar-refractivity contribution in [2.75, 3.05) is 32.7 Å². The molecule has 0 saturated carbocycles. The number of rotatable bonds is 9. The summed E-state index contributed by atoms with van der Waals surface area (Å²) in [6.45, 7) is 0.111. The molecule has 0 fully saturated rings. The molecule has 0 saturated heterocycles. The fraction of sp³-hybridized carbons (Fsp3) is 0.259. The average molecular weight is 501 g/mol. The van der Waals surface area contributed by atoms with Crippen LogP contribution in [0.2, 0.25) is 0 Å². The van der Waals surface area contributed by atoms with E-state index in [4.69, 9.17) is 9.47 Å². The molecule has 0 aromatic heterocycles. The van der Waals surface area contributed by atoms with Gasteiger partial charge in [0.1, 0.15) is 5.92 Å². The number of alkyl halides is 3. The number of methoxy groups -OCH3 is 2. The lowest BCUT2D eigenvalue weighted by atomic mass is 9.96. The van der Waals surface area contributed by atoms with Gasteiger partial charge in [0.15, 0.2) is 11.5 Å². The van der Waals surface area contributed by atoms with E-state index in [0.717, 1.165) is 12.1 Å². The van der Waals surface area contributed by atoms with Crippen molar-refractivity contribution in [1.29, 1.82) is 0 Å². The van der Waals surface area contributed by atoms with E-state index in [1.54, 1.807) is 48.5 Å². The van der Waals surface area contributed by atoms with Crippen molar-refractivity contribution in [3.63, 3.8) is 0 Å². The van der Waals surface area contributed by atoms with E-state index < -0.39 is 29.5 Å². The fourth-order valence-electron chi connectivity index (χ4n) is 3.81. The van der Waals surface area contributed by atoms with Gasteiger partial charge in [-0.05, 0) is 41.8 Å². The smallest absolute Gasteiger partial charge is 0.416 e. The van der Waals surface area contributed by atoms with Gasteiger partial charge in [-0.25, -0.2) is 0 Å². The van der Waals surface area contributed by atoms with Gasteiger partial charge in [0, 0.05) is 25.3 Å². The first-order valence-electron chi connectivity index (χ1n) is 11.2. The van der Waals surface area contributed by atoms with E-state index in [0.29, 0.717) is 28.3 Å². The summed E-state index contributed by atoms with van der Waals surface area (Å²) in [4.78, 5) is 28.1. The molecular weight excluding hydrogens is 473 g/mol. The number of hydrogen-bond acceptors (Lipinski definition) is 4. The minimum Gasteiger partial charge on any atom is -0.493 e. The predicted molar refractivity (Wildman–Crippen MR) is 130 cm³/mol. The van der Waals surface area contributed by atoms with Crippen molar-refractivity contribution in [2.45, 2.75) is 18.5 Å². The van der Waals surface area contributed by atoms with Crippen LogP contribution in [0.4, 0.5) is 18.9 Å². The molecule has 0 radical (unpaired) electrons. The maximum absolute atomic E-state index is 13.8. The summed E-state index contributed by atoms with van der Waals surface area (Å²) in [6, 6.07) is 18.4. The molecular formula is C27H27F3N2O4. The van der Waals surface area contributed by atoms with Gasteiger partial charge in [0.2, 0.25) is 11.8 Å². The maximum Gasteiger partial charge on any atom is 0.416 e. The van der Waals surface area contributed by atoms with Gasteiger partial charge in [-0.3, -0.25) is 9.59 Å². The Morgan fingerprint density at radius 2 is 1.56 bits per heavy atom. The molecule has 9 heteroatoms. The van der Waals surface area contributed by atoms with Crippen LogP contribution < -0.4 is 19.7 Å². The lowest BCUT2D eigenvalue weighted by molar-refractivity contribution is -0.137. The number of ether oxygens (including phenoxy) is 2. The van der Waals surface area contributed by atoms with E-state index in [-0.39, 0.29) is 13.0 Å². The molecule has 0 aliphatic rings. The summed E-state index contributed by atoms with van der Waals surface area (Å²) in [5, 5.41) is 2.55. The van der Waals surface area contributed by atoms with Gasteiger partial charge in [-0.1, -0.05) is 42.5 Å². The summed E-state index contributed by atoms with van der Waals surface area (Å²) < 4.78 is 49.5. The lowest BCUT2D eigenvalue weighted by Gasteiger charge is -2.28. The van der Waals surface area contributed by atoms with Gasteiger partial charge in [-0.15, -0.1) is 0 Å². The first kappa shape index (κ1) is 26.6. The van der Waals surface area contributed by atoms with Gasteiger partial charge in [0.05, 0.1) is 19.8 Å². The van der Waals surface area contributed by atoms with Crippen molar-refractivity contribution in [2.24, 2.45) is 0 Å². The van der Waals surface area contributed by atoms with Crippen LogP contribution in [0.25, 0.3) is 0 Å². The Bertz CT molecular complexity index is 1180. The molecule has 1 unspecified atom stereocenters. The van der Waals surface area contributed by atoms with Crippen molar-refractivity contribution in [3.05, 3.63) is 89.5 Å². The second-order valence-electron chi connectivity index (χ2n) is 7.93. The minimum atomic E-state index is -4.43. The molecule has 2 amide bonds. The Morgan fingerprint density at radius 1 is 0.917 bits per heavy atom. The van der Waals surface area contributed by atoms with E-state index in [1.165, 1.54) is 38.3 Å². The molecule has 6 nitrogen and oxygen atoms in total. The second kappa shape index (κ2) is 11.6. The molecule has 1 N–H and O–H groups in total. The number of halogens is 3. The zero-order valence-corrected chi connectivity index (χ0v) is 20.1. The molecule has 0 heterocycles. The quantitative estimate of drug-likeness (QED) is 0.428. The van der Waals surface area contributed by atoms with E-state index >= 15 is 0 Å². The lowest BCUT2D eigenvalue weighted by Crippen LogP contribution is -2.42. The number of anilines is 1. The third-order valence-corrected chi connectivity index (χ3v) is 5.74. The van der Waals surface area contributed by atoms with Crippen molar-refractivity contribution in [1.82, 2.24) is 5.32 Å². The standard InChI is InChI=1S/C27H27F3N2O4/c1-31-25(33)24(19-7-5-4-6-8-19)26(34)32(21-13-14-22(35-2)23(17-21)36-3)16-15-18-9-11-20(12-10-18)27(28,29)30/h4-14,17,24H,15-16H2,1-3H3,(H,31,33). The zero-order valence-electron chi connectivity index (χ0n) is 20.1. The van der Waals surface area contributed by atoms with Crippen LogP contribution in [0.15, 0.2) is 72.8 Å². The molecule has 36 heavy (non-hydrogen) atoms. The molecule has 3 aromatic rings. The average Bonchev–Trinajstić information content (AvgIpc) is 2.89. The summed E-state index contributed by atoms with van der Waals surface area (Å²) in [5.74, 6) is -1.25. The second-order valence-corrected chi connectivity index (χ2v) is 7.93. The van der Waals surface area contributed by atoms with E-state index in [9.17, 15) is 22.8 Å². The third kappa shape index (κ3) is 6.16. The SMILES string of the molecule is CNC(=O)C(C(=O)N(CCc1ccc(C(F)(F)F)cc1)c1ccc(OC)c(OC)c1)c1ccccc1. The summed E-state index contributed by atoms with van der Waals surface area (Å²) in [5.41, 5.74) is 0.830. The van der Waals surface area contributed by atoms with Crippen LogP contribution in [0, 0.1) is 0 Å². The number of hydrogen-bond donors (Lipinski definition) is 1. The molecule has 0 aliphatic heterocycles. The normalized spacial score (nSPS) is 11.9. The largest absolute Gasteiger partial charge is 0.493 e. The van der Waals surface area contributed by atoms with E-state index in [2.05, 4.69) is 5.32 Å². The van der Waals surface area contributed by atoms with Crippen molar-refractivity contribution in [3.8, 4) is 11.5 Å². The Labute approximate surface area is 207 Å². The number of benzene rings is 3. The molecule has 0 spiro atoms. The Balaban J connectivity index is 1.99. The topological polar surface area (TPSA) is 67.9 Å². The Kier molecular flexibility index (Phi) is 8.58. The van der Waals surface area contributed by atoms with Gasteiger partial charge >= 0.3 is 6.18 Å². The third-order valence-electron chi connectivity index (χ3n) is 5.74. The Morgan fingerprint density at radius 3 is 2.11 bits per heavy atom. The predicted octanol–water partition coefficient (Wildman–Crippen LogP) is 4.83. The highest BCUT2D eigenvalue weighted by Crippen LogP contribution is 2.33. The molecule has 0 aliphatic carbocycles. The number of carbonyl (C=O) groups is 2. The highest BCUT2D eigenvalue weighted by Gasteiger charge is 2.33. The van der Waals surface area contributed by atoms with Gasteiger partial charge in [0.25, 0.3) is 0 Å². The molecule has 190 valence electrons. The van der Waals surface area contributed by atoms with Crippen LogP contribution in [0.3, 0.4) is 0 Å². The number of likely N-dealkylation sites (N-methyl/N-ethyl adjacent to an activating group) is 1. The fourth-order valence-corrected chi connectivity index (χ4v) is 3.81. The number of nitrogens with one attached hydrogen (secondary N) is 1. The first-order chi connectivity index (χ1) is 17.2. The number of carbonyl (C=O) groups excluding carboxylic acids is 2. The van der Waals surface area contributed by atoms with Crippen LogP contribution in [-0.4, -0.2) is 39.6 Å². The molecule has 3 aromatic carbocycles. The van der Waals surface area contributed by atoms with Crippen LogP contribution >= 0.6 is 0 Å². The van der Waals surface area contributed by atoms with Crippen LogP contribution in [-0.2, 0) is 22.2 Å². The van der Waals surface area contributed by atoms with Crippen LogP contribution in [0.5, 0.6) is 11.5 Å². The molecule has 3 rings (SSSR count). The van der Waals surface area contributed by atoms with Crippen molar-refractivity contribution >= 4 is 17.5 Å². The summed E-state index contributed by atoms with van der Waals surface area (Å²) in [7, 11) is 4.41. The highest BCUT2D eigenvalue weighted by atomic mass is 19.4. The summed E-state index contributed by atoms with van der Waals surface area (Å²) in [6.07, 6.45) is -4.18. The summed E-state index contributed by atoms with van der Waals surface area (Å²) >= 11 is 0. The van der Waals surface area contributed by atoms with Gasteiger partial charge in [-0.2, -0.15) is 13.2 Å². The van der Waals surface area contributed by atoms with Crippen LogP contribution in [0.1, 0.15) is 22.6 Å². The molecule has 0 bridgehead atoms. The highest BCUT2D eigenvalue weighted by molar-refractivity contribution is 6.12. The van der Waals surface area contributed by atoms with E-state index in [1.807, 2.05) is 0 Å². The van der Waals surface area contributed by atoms with Crippen molar-refractivity contribution < 1.29 is 32.2 Å². The first-order valence-corrected chi connectivity index (χ1v) is 11.2. The van der Waals surface area contributed by atoms with Gasteiger partial charge < -0.3 is 19.7 Å². The number of amides is 2. The minimum absolute atomic E-state index is 0.111.